The van der Waals surface area contributed by atoms with E-state index in [0.717, 1.165) is 42.8 Å². The first-order chi connectivity index (χ1) is 9.61. The van der Waals surface area contributed by atoms with Gasteiger partial charge in [0.05, 0.1) is 5.69 Å². The van der Waals surface area contributed by atoms with Crippen molar-refractivity contribution >= 4 is 5.65 Å². The van der Waals surface area contributed by atoms with Crippen LogP contribution in [-0.2, 0) is 6.54 Å². The van der Waals surface area contributed by atoms with Crippen molar-refractivity contribution in [2.75, 3.05) is 13.1 Å². The zero-order chi connectivity index (χ0) is 14.1. The molecule has 2 aromatic rings. The smallest absolute Gasteiger partial charge is 0.258 e. The number of hydrogen-bond donors (Lipinski definition) is 0. The number of rotatable bonds is 2. The molecule has 4 nitrogen and oxygen atoms in total. The number of pyridine rings is 1. The highest BCUT2D eigenvalue weighted by Crippen LogP contribution is 2.21. The van der Waals surface area contributed by atoms with Gasteiger partial charge in [-0.2, -0.15) is 0 Å². The van der Waals surface area contributed by atoms with Crippen LogP contribution < -0.4 is 5.56 Å². The third-order valence-electron chi connectivity index (χ3n) is 3.95. The molecule has 0 radical (unpaired) electrons. The molecule has 0 unspecified atom stereocenters. The Morgan fingerprint density at radius 1 is 1.25 bits per heavy atom. The zero-order valence-electron chi connectivity index (χ0n) is 12.1. The molecule has 3 heterocycles. The van der Waals surface area contributed by atoms with Crippen LogP contribution in [0.5, 0.6) is 0 Å². The minimum absolute atomic E-state index is 0.00343. The van der Waals surface area contributed by atoms with Gasteiger partial charge in [-0.25, -0.2) is 4.98 Å². The monoisotopic (exact) mass is 271 g/mol. The van der Waals surface area contributed by atoms with Gasteiger partial charge in [0.1, 0.15) is 5.65 Å². The Kier molecular flexibility index (Phi) is 3.57. The van der Waals surface area contributed by atoms with Crippen molar-refractivity contribution in [1.29, 1.82) is 0 Å². The summed E-state index contributed by atoms with van der Waals surface area (Å²) in [7, 11) is 0. The van der Waals surface area contributed by atoms with Crippen molar-refractivity contribution in [2.24, 2.45) is 11.8 Å². The Morgan fingerprint density at radius 2 is 2.00 bits per heavy atom. The van der Waals surface area contributed by atoms with Gasteiger partial charge >= 0.3 is 0 Å². The van der Waals surface area contributed by atoms with Gasteiger partial charge in [0.2, 0.25) is 0 Å². The summed E-state index contributed by atoms with van der Waals surface area (Å²) in [6.07, 6.45) is 3.06. The molecule has 1 fully saturated rings. The third kappa shape index (κ3) is 2.75. The Labute approximate surface area is 119 Å². The van der Waals surface area contributed by atoms with Crippen LogP contribution in [0.1, 0.15) is 26.0 Å². The molecule has 0 saturated carbocycles. The highest BCUT2D eigenvalue weighted by molar-refractivity contribution is 5.37. The average molecular weight is 271 g/mol. The summed E-state index contributed by atoms with van der Waals surface area (Å²) in [5, 5.41) is 0. The van der Waals surface area contributed by atoms with Gasteiger partial charge in [-0.15, -0.1) is 0 Å². The molecule has 0 aliphatic carbocycles. The van der Waals surface area contributed by atoms with Gasteiger partial charge in [-0.1, -0.05) is 19.9 Å². The maximum Gasteiger partial charge on any atom is 0.258 e. The van der Waals surface area contributed by atoms with E-state index in [4.69, 9.17) is 0 Å². The van der Waals surface area contributed by atoms with Crippen molar-refractivity contribution in [2.45, 2.75) is 26.8 Å². The second kappa shape index (κ2) is 5.37. The summed E-state index contributed by atoms with van der Waals surface area (Å²) in [6, 6.07) is 7.31. The Balaban J connectivity index is 1.86. The fourth-order valence-electron chi connectivity index (χ4n) is 3.33. The summed E-state index contributed by atoms with van der Waals surface area (Å²) in [5.41, 5.74) is 1.61. The summed E-state index contributed by atoms with van der Waals surface area (Å²) >= 11 is 0. The predicted octanol–water partition coefficient (Wildman–Crippen LogP) is 2.17. The molecule has 0 aromatic carbocycles. The van der Waals surface area contributed by atoms with E-state index in [2.05, 4.69) is 23.7 Å². The van der Waals surface area contributed by atoms with Crippen molar-refractivity contribution in [3.63, 3.8) is 0 Å². The minimum atomic E-state index is 0.00343. The van der Waals surface area contributed by atoms with E-state index >= 15 is 0 Å². The topological polar surface area (TPSA) is 37.6 Å². The van der Waals surface area contributed by atoms with Gasteiger partial charge in [0, 0.05) is 31.9 Å². The molecule has 0 N–H and O–H groups in total. The molecule has 0 bridgehead atoms. The van der Waals surface area contributed by atoms with E-state index in [1.807, 2.05) is 18.2 Å². The van der Waals surface area contributed by atoms with Crippen molar-refractivity contribution in [1.82, 2.24) is 14.3 Å². The lowest BCUT2D eigenvalue weighted by Gasteiger charge is -2.34. The Bertz CT molecular complexity index is 654. The highest BCUT2D eigenvalue weighted by atomic mass is 16.1. The lowest BCUT2D eigenvalue weighted by Crippen LogP contribution is -2.38. The molecule has 3 rings (SSSR count). The van der Waals surface area contributed by atoms with Gasteiger partial charge in [0.15, 0.2) is 0 Å². The summed E-state index contributed by atoms with van der Waals surface area (Å²) in [4.78, 5) is 19.1. The molecule has 1 aliphatic heterocycles. The van der Waals surface area contributed by atoms with Crippen LogP contribution >= 0.6 is 0 Å². The molecule has 20 heavy (non-hydrogen) atoms. The van der Waals surface area contributed by atoms with Gasteiger partial charge in [-0.3, -0.25) is 14.1 Å². The maximum atomic E-state index is 12.1. The first-order valence-electron chi connectivity index (χ1n) is 7.31. The fraction of sp³-hybridized carbons (Fsp3) is 0.500. The number of hydrogen-bond acceptors (Lipinski definition) is 3. The molecule has 1 saturated heterocycles. The molecular weight excluding hydrogens is 250 g/mol. The summed E-state index contributed by atoms with van der Waals surface area (Å²) in [6.45, 7) is 7.56. The molecule has 1 aliphatic rings. The minimum Gasteiger partial charge on any atom is -0.297 e. The molecule has 0 spiro atoms. The van der Waals surface area contributed by atoms with Crippen LogP contribution in [-0.4, -0.2) is 27.4 Å². The summed E-state index contributed by atoms with van der Waals surface area (Å²) in [5.74, 6) is 1.45. The lowest BCUT2D eigenvalue weighted by molar-refractivity contribution is 0.133. The van der Waals surface area contributed by atoms with Crippen LogP contribution in [0.15, 0.2) is 35.3 Å². The van der Waals surface area contributed by atoms with Crippen molar-refractivity contribution < 1.29 is 0 Å². The van der Waals surface area contributed by atoms with Crippen molar-refractivity contribution in [3.05, 3.63) is 46.5 Å². The number of piperidine rings is 1. The maximum absolute atomic E-state index is 12.1. The van der Waals surface area contributed by atoms with Crippen LogP contribution in [0.25, 0.3) is 5.65 Å². The zero-order valence-corrected chi connectivity index (χ0v) is 12.1. The normalized spacial score (nSPS) is 24.1. The molecular formula is C16H21N3O. The molecule has 106 valence electrons. The standard InChI is InChI=1S/C16H21N3O/c1-12-7-13(2)10-18(9-12)11-14-8-16(20)19-6-4-3-5-15(19)17-14/h3-6,8,12-13H,7,9-11H2,1-2H3/t12-,13-/m0/s1. The average Bonchev–Trinajstić information content (AvgIpc) is 2.37. The first-order valence-corrected chi connectivity index (χ1v) is 7.31. The van der Waals surface area contributed by atoms with E-state index in [-0.39, 0.29) is 5.56 Å². The van der Waals surface area contributed by atoms with Crippen LogP contribution in [0.3, 0.4) is 0 Å². The largest absolute Gasteiger partial charge is 0.297 e. The van der Waals surface area contributed by atoms with Gasteiger partial charge in [0.25, 0.3) is 5.56 Å². The van der Waals surface area contributed by atoms with E-state index in [1.165, 1.54) is 6.42 Å². The quantitative estimate of drug-likeness (QED) is 0.840. The molecule has 4 heteroatoms. The molecule has 2 aromatic heterocycles. The Hall–Kier alpha value is -1.68. The number of nitrogens with zero attached hydrogens (tertiary/aromatic N) is 3. The van der Waals surface area contributed by atoms with Gasteiger partial charge < -0.3 is 0 Å². The number of aromatic nitrogens is 2. The number of fused-ring (bicyclic) bond motifs is 1. The predicted molar refractivity (Wildman–Crippen MR) is 79.7 cm³/mol. The van der Waals surface area contributed by atoms with Crippen LogP contribution in [0, 0.1) is 11.8 Å². The first kappa shape index (κ1) is 13.3. The second-order valence-electron chi connectivity index (χ2n) is 6.15. The van der Waals surface area contributed by atoms with E-state index < -0.39 is 0 Å². The SMILES string of the molecule is C[C@H]1C[C@H](C)CN(Cc2cc(=O)n3ccccc3n2)C1. The van der Waals surface area contributed by atoms with Crippen LogP contribution in [0.4, 0.5) is 0 Å². The summed E-state index contributed by atoms with van der Waals surface area (Å²) < 4.78 is 1.59. The Morgan fingerprint density at radius 3 is 2.75 bits per heavy atom. The van der Waals surface area contributed by atoms with Crippen LogP contribution in [0.2, 0.25) is 0 Å². The van der Waals surface area contributed by atoms with E-state index in [9.17, 15) is 4.79 Å². The lowest BCUT2D eigenvalue weighted by atomic mass is 9.92. The molecule has 2 atom stereocenters. The fourth-order valence-corrected chi connectivity index (χ4v) is 3.33. The van der Waals surface area contributed by atoms with E-state index in [1.54, 1.807) is 16.7 Å². The number of likely N-dealkylation sites (tertiary alicyclic amines) is 1. The highest BCUT2D eigenvalue weighted by Gasteiger charge is 2.22. The molecule has 0 amide bonds. The van der Waals surface area contributed by atoms with E-state index in [0.29, 0.717) is 0 Å². The van der Waals surface area contributed by atoms with Gasteiger partial charge in [-0.05, 0) is 30.4 Å². The van der Waals surface area contributed by atoms with Crippen molar-refractivity contribution in [3.8, 4) is 0 Å². The third-order valence-corrected chi connectivity index (χ3v) is 3.95. The second-order valence-corrected chi connectivity index (χ2v) is 6.15.